The number of carbonyl (C=O) groups excluding carboxylic acids is 1. The van der Waals surface area contributed by atoms with Crippen LogP contribution in [0.15, 0.2) is 83.7 Å². The molecule has 0 saturated carbocycles. The number of amides is 1. The Balaban J connectivity index is 1.74. The van der Waals surface area contributed by atoms with Gasteiger partial charge in [-0.05, 0) is 35.9 Å². The number of nitrogens with zero attached hydrogens (tertiary/aromatic N) is 2. The second-order valence-corrected chi connectivity index (χ2v) is 5.79. The molecule has 128 valence electrons. The largest absolute Gasteiger partial charge is 0.618 e. The van der Waals surface area contributed by atoms with E-state index >= 15 is 0 Å². The topological polar surface area (TPSA) is 82.1 Å². The molecule has 0 bridgehead atoms. The van der Waals surface area contributed by atoms with Crippen molar-refractivity contribution in [1.82, 2.24) is 10.3 Å². The Morgan fingerprint density at radius 2 is 1.85 bits per heavy atom. The summed E-state index contributed by atoms with van der Waals surface area (Å²) in [5.41, 5.74) is 1.55. The molecule has 3 aromatic heterocycles. The van der Waals surface area contributed by atoms with Crippen molar-refractivity contribution in [2.75, 3.05) is 0 Å². The smallest absolute Gasteiger partial charge is 0.318 e. The van der Waals surface area contributed by atoms with E-state index < -0.39 is 11.9 Å². The van der Waals surface area contributed by atoms with Crippen LogP contribution in [0.4, 0.5) is 0 Å². The molecule has 0 aliphatic heterocycles. The number of hydrogen-bond acceptors (Lipinski definition) is 4. The van der Waals surface area contributed by atoms with Crippen molar-refractivity contribution in [3.8, 4) is 0 Å². The monoisotopic (exact) mass is 345 g/mol. The molecule has 1 atom stereocenters. The lowest BCUT2D eigenvalue weighted by Gasteiger charge is -2.16. The first-order valence-corrected chi connectivity index (χ1v) is 8.10. The highest BCUT2D eigenvalue weighted by molar-refractivity contribution is 5.91. The molecule has 0 aliphatic carbocycles. The van der Waals surface area contributed by atoms with Gasteiger partial charge in [0.1, 0.15) is 17.4 Å². The molecule has 6 heteroatoms. The number of aromatic nitrogens is 2. The lowest BCUT2D eigenvalue weighted by atomic mass is 10.1. The molecular formula is C20H15N3O3. The third-order valence-corrected chi connectivity index (χ3v) is 4.10. The fourth-order valence-electron chi connectivity index (χ4n) is 2.83. The van der Waals surface area contributed by atoms with Crippen molar-refractivity contribution < 1.29 is 13.9 Å². The maximum atomic E-state index is 12.6. The van der Waals surface area contributed by atoms with E-state index in [2.05, 4.69) is 10.3 Å². The zero-order chi connectivity index (χ0) is 17.9. The van der Waals surface area contributed by atoms with Crippen LogP contribution in [0.25, 0.3) is 11.0 Å². The predicted octanol–water partition coefficient (Wildman–Crippen LogP) is 2.98. The van der Waals surface area contributed by atoms with E-state index in [0.717, 1.165) is 16.5 Å². The second-order valence-electron chi connectivity index (χ2n) is 5.79. The number of carbonyl (C=O) groups is 1. The van der Waals surface area contributed by atoms with Crippen LogP contribution in [0.1, 0.15) is 27.9 Å². The molecule has 0 radical (unpaired) electrons. The van der Waals surface area contributed by atoms with Crippen molar-refractivity contribution in [2.45, 2.75) is 6.04 Å². The summed E-state index contributed by atoms with van der Waals surface area (Å²) in [7, 11) is 0. The first kappa shape index (κ1) is 15.8. The average molecular weight is 345 g/mol. The van der Waals surface area contributed by atoms with Crippen LogP contribution < -0.4 is 10.0 Å². The number of fused-ring (bicyclic) bond motifs is 1. The van der Waals surface area contributed by atoms with E-state index in [4.69, 9.17) is 4.42 Å². The summed E-state index contributed by atoms with van der Waals surface area (Å²) in [5, 5.41) is 15.7. The normalized spacial score (nSPS) is 12.0. The molecule has 0 fully saturated rings. The molecule has 4 aromatic rings. The van der Waals surface area contributed by atoms with E-state index in [0.29, 0.717) is 10.5 Å². The lowest BCUT2D eigenvalue weighted by molar-refractivity contribution is -0.607. The summed E-state index contributed by atoms with van der Waals surface area (Å²) in [4.78, 5) is 16.7. The van der Waals surface area contributed by atoms with E-state index in [-0.39, 0.29) is 5.69 Å². The number of nitrogens with one attached hydrogen (secondary N) is 1. The highest BCUT2D eigenvalue weighted by atomic mass is 16.5. The molecular weight excluding hydrogens is 330 g/mol. The summed E-state index contributed by atoms with van der Waals surface area (Å²) in [6.45, 7) is 0. The first-order chi connectivity index (χ1) is 12.7. The average Bonchev–Trinajstić information content (AvgIpc) is 3.11. The van der Waals surface area contributed by atoms with Crippen LogP contribution in [0.2, 0.25) is 0 Å². The molecule has 4 rings (SSSR count). The fraction of sp³-hybridized carbons (Fsp3) is 0.0500. The number of para-hydroxylation sites is 1. The van der Waals surface area contributed by atoms with Crippen LogP contribution in [0.5, 0.6) is 0 Å². The minimum atomic E-state index is -0.543. The molecule has 0 spiro atoms. The summed E-state index contributed by atoms with van der Waals surface area (Å²) >= 11 is 0. The molecule has 1 amide bonds. The van der Waals surface area contributed by atoms with Gasteiger partial charge in [0, 0.05) is 29.9 Å². The Hall–Kier alpha value is -3.67. The van der Waals surface area contributed by atoms with Crippen LogP contribution in [-0.2, 0) is 0 Å². The van der Waals surface area contributed by atoms with Crippen molar-refractivity contribution in [3.63, 3.8) is 0 Å². The Labute approximate surface area is 149 Å². The van der Waals surface area contributed by atoms with Crippen molar-refractivity contribution >= 4 is 16.9 Å². The first-order valence-electron chi connectivity index (χ1n) is 8.10. The van der Waals surface area contributed by atoms with Crippen LogP contribution in [0, 0.1) is 5.21 Å². The summed E-state index contributed by atoms with van der Waals surface area (Å²) < 4.78 is 6.47. The SMILES string of the molecule is O=C(N[C@@H](c1ccncc1)c1cc2ccccc2o1)c1cccc[n+]1[O-]. The van der Waals surface area contributed by atoms with Gasteiger partial charge in [0.25, 0.3) is 5.69 Å². The van der Waals surface area contributed by atoms with Gasteiger partial charge in [-0.1, -0.05) is 18.2 Å². The molecule has 3 heterocycles. The Bertz CT molecular complexity index is 1030. The standard InChI is InChI=1S/C20H15N3O3/c24-20(16-6-3-4-12-23(16)25)22-19(14-8-10-21-11-9-14)18-13-15-5-1-2-7-17(15)26-18/h1-13,19H,(H,22,24)/t19-/m0/s1. The minimum Gasteiger partial charge on any atom is -0.618 e. The highest BCUT2D eigenvalue weighted by Crippen LogP contribution is 2.28. The molecule has 1 aromatic carbocycles. The predicted molar refractivity (Wildman–Crippen MR) is 95.2 cm³/mol. The Morgan fingerprint density at radius 3 is 2.62 bits per heavy atom. The van der Waals surface area contributed by atoms with Gasteiger partial charge in [0.05, 0.1) is 0 Å². The lowest BCUT2D eigenvalue weighted by Crippen LogP contribution is -2.40. The third kappa shape index (κ3) is 3.00. The van der Waals surface area contributed by atoms with Gasteiger partial charge >= 0.3 is 5.91 Å². The van der Waals surface area contributed by atoms with Crippen LogP contribution in [-0.4, -0.2) is 10.9 Å². The molecule has 0 unspecified atom stereocenters. The van der Waals surface area contributed by atoms with E-state index in [1.54, 1.807) is 36.7 Å². The maximum Gasteiger partial charge on any atom is 0.318 e. The number of benzene rings is 1. The second kappa shape index (κ2) is 6.68. The molecule has 0 aliphatic rings. The molecule has 1 N–H and O–H groups in total. The zero-order valence-electron chi connectivity index (χ0n) is 13.7. The van der Waals surface area contributed by atoms with Crippen molar-refractivity contribution in [1.29, 1.82) is 0 Å². The number of pyridine rings is 2. The van der Waals surface area contributed by atoms with Gasteiger partial charge in [-0.15, -0.1) is 0 Å². The van der Waals surface area contributed by atoms with Crippen molar-refractivity contribution in [2.24, 2.45) is 0 Å². The zero-order valence-corrected chi connectivity index (χ0v) is 13.7. The third-order valence-electron chi connectivity index (χ3n) is 4.10. The maximum absolute atomic E-state index is 12.6. The van der Waals surface area contributed by atoms with E-state index in [9.17, 15) is 10.0 Å². The highest BCUT2D eigenvalue weighted by Gasteiger charge is 2.24. The number of hydrogen-bond donors (Lipinski definition) is 1. The van der Waals surface area contributed by atoms with E-state index in [1.807, 2.05) is 30.3 Å². The van der Waals surface area contributed by atoms with Gasteiger partial charge in [0.15, 0.2) is 6.20 Å². The Morgan fingerprint density at radius 1 is 1.08 bits per heavy atom. The molecule has 0 saturated heterocycles. The summed E-state index contributed by atoms with van der Waals surface area (Å²) in [5.74, 6) is 0.0991. The van der Waals surface area contributed by atoms with Crippen molar-refractivity contribution in [3.05, 3.63) is 101 Å². The Kier molecular flexibility index (Phi) is 4.07. The van der Waals surface area contributed by atoms with Crippen LogP contribution >= 0.6 is 0 Å². The molecule has 6 nitrogen and oxygen atoms in total. The minimum absolute atomic E-state index is 0.0164. The van der Waals surface area contributed by atoms with Gasteiger partial charge in [0.2, 0.25) is 0 Å². The van der Waals surface area contributed by atoms with E-state index in [1.165, 1.54) is 12.3 Å². The van der Waals surface area contributed by atoms with Gasteiger partial charge in [-0.3, -0.25) is 9.78 Å². The van der Waals surface area contributed by atoms with Gasteiger partial charge < -0.3 is 14.9 Å². The molecule has 26 heavy (non-hydrogen) atoms. The fourth-order valence-corrected chi connectivity index (χ4v) is 2.83. The number of rotatable bonds is 4. The van der Waals surface area contributed by atoms with Crippen LogP contribution in [0.3, 0.4) is 0 Å². The van der Waals surface area contributed by atoms with Gasteiger partial charge in [-0.25, -0.2) is 0 Å². The quantitative estimate of drug-likeness (QED) is 0.455. The number of furan rings is 1. The summed E-state index contributed by atoms with van der Waals surface area (Å²) in [6.07, 6.45) is 4.58. The summed E-state index contributed by atoms with van der Waals surface area (Å²) in [6, 6.07) is 17.3. The van der Waals surface area contributed by atoms with Gasteiger partial charge in [-0.2, -0.15) is 4.73 Å².